The van der Waals surface area contributed by atoms with Crippen molar-refractivity contribution >= 4 is 28.9 Å². The van der Waals surface area contributed by atoms with E-state index in [1.54, 1.807) is 12.1 Å². The summed E-state index contributed by atoms with van der Waals surface area (Å²) in [5.41, 5.74) is 3.16. The van der Waals surface area contributed by atoms with Crippen molar-refractivity contribution in [3.05, 3.63) is 70.4 Å². The third-order valence-electron chi connectivity index (χ3n) is 4.68. The third kappa shape index (κ3) is 4.35. The van der Waals surface area contributed by atoms with Crippen molar-refractivity contribution in [3.63, 3.8) is 0 Å². The minimum atomic E-state index is 0.567. The summed E-state index contributed by atoms with van der Waals surface area (Å²) in [4.78, 5) is 18.7. The number of carbonyl (C=O) groups excluding carboxylic acids is 1. The number of aromatic nitrogens is 2. The van der Waals surface area contributed by atoms with Gasteiger partial charge in [0.2, 0.25) is 0 Å². The smallest absolute Gasteiger partial charge is 0.174 e. The van der Waals surface area contributed by atoms with Crippen LogP contribution in [0.4, 0.5) is 0 Å². The quantitative estimate of drug-likeness (QED) is 0.284. The number of fused-ring (bicyclic) bond motifs is 1. The Morgan fingerprint density at radius 3 is 2.90 bits per heavy atom. The zero-order valence-electron chi connectivity index (χ0n) is 16.1. The topological polar surface area (TPSA) is 68.1 Å². The summed E-state index contributed by atoms with van der Waals surface area (Å²) < 4.78 is 11.9. The van der Waals surface area contributed by atoms with Gasteiger partial charge in [-0.2, -0.15) is 0 Å². The first-order chi connectivity index (χ1) is 14.2. The molecule has 2 heterocycles. The number of carbonyl (C=O) groups is 1. The Bertz CT molecular complexity index is 1150. The lowest BCUT2D eigenvalue weighted by atomic mass is 10.1. The molecule has 0 fully saturated rings. The molecule has 0 saturated heterocycles. The Hall–Kier alpha value is -3.05. The van der Waals surface area contributed by atoms with E-state index in [9.17, 15) is 4.79 Å². The predicted octanol–water partition coefficient (Wildman–Crippen LogP) is 6.06. The highest BCUT2D eigenvalue weighted by Gasteiger charge is 2.13. The molecule has 0 aliphatic heterocycles. The van der Waals surface area contributed by atoms with Crippen LogP contribution in [-0.2, 0) is 6.42 Å². The van der Waals surface area contributed by atoms with Crippen LogP contribution in [0, 0.1) is 0 Å². The second-order valence-corrected chi connectivity index (χ2v) is 7.31. The lowest BCUT2D eigenvalue weighted by Gasteiger charge is -2.11. The fourth-order valence-electron chi connectivity index (χ4n) is 3.16. The molecule has 0 amide bonds. The molecule has 1 N–H and O–H groups in total. The van der Waals surface area contributed by atoms with Crippen molar-refractivity contribution in [2.24, 2.45) is 0 Å². The number of unbranched alkanes of at least 4 members (excludes halogenated alkanes) is 1. The molecule has 0 saturated carbocycles. The first kappa shape index (κ1) is 19.3. The van der Waals surface area contributed by atoms with Crippen molar-refractivity contribution in [1.29, 1.82) is 0 Å². The third-order valence-corrected chi connectivity index (χ3v) is 4.91. The highest BCUT2D eigenvalue weighted by molar-refractivity contribution is 6.30. The summed E-state index contributed by atoms with van der Waals surface area (Å²) in [5.74, 6) is 2.88. The zero-order valence-corrected chi connectivity index (χ0v) is 16.8. The molecule has 0 bridgehead atoms. The molecule has 0 unspecified atom stereocenters. The van der Waals surface area contributed by atoms with Gasteiger partial charge in [-0.05, 0) is 55.0 Å². The van der Waals surface area contributed by atoms with Crippen molar-refractivity contribution < 1.29 is 13.9 Å². The molecule has 0 atom stereocenters. The molecule has 0 spiro atoms. The van der Waals surface area contributed by atoms with Crippen molar-refractivity contribution in [2.45, 2.75) is 26.2 Å². The normalized spacial score (nSPS) is 11.1. The van der Waals surface area contributed by atoms with Gasteiger partial charge >= 0.3 is 0 Å². The van der Waals surface area contributed by atoms with Gasteiger partial charge in [0.1, 0.15) is 17.8 Å². The average Bonchev–Trinajstić information content (AvgIpc) is 3.35. The maximum absolute atomic E-state index is 11.0. The molecule has 2 aromatic heterocycles. The van der Waals surface area contributed by atoms with Crippen LogP contribution in [0.1, 0.15) is 41.4 Å². The number of hydrogen-bond acceptors (Lipinski definition) is 4. The number of aldehydes is 1. The number of aromatic amines is 1. The summed E-state index contributed by atoms with van der Waals surface area (Å²) in [7, 11) is 0. The van der Waals surface area contributed by atoms with Crippen LogP contribution >= 0.6 is 11.6 Å². The number of H-pyrrole nitrogens is 1. The first-order valence-corrected chi connectivity index (χ1v) is 9.99. The lowest BCUT2D eigenvalue weighted by Crippen LogP contribution is -2.00. The molecule has 4 aromatic rings. The number of ether oxygens (including phenoxy) is 1. The van der Waals surface area contributed by atoms with E-state index in [1.165, 1.54) is 0 Å². The molecule has 2 aromatic carbocycles. The fourth-order valence-corrected chi connectivity index (χ4v) is 3.35. The van der Waals surface area contributed by atoms with E-state index >= 15 is 0 Å². The minimum absolute atomic E-state index is 0.567. The van der Waals surface area contributed by atoms with Crippen LogP contribution in [0.5, 0.6) is 5.75 Å². The number of nitrogens with one attached hydrogen (secondary N) is 1. The molecular formula is C23H21ClN2O3. The number of rotatable bonds is 8. The van der Waals surface area contributed by atoms with Crippen LogP contribution in [0.3, 0.4) is 0 Å². The molecule has 0 aliphatic carbocycles. The molecular weight excluding hydrogens is 388 g/mol. The maximum Gasteiger partial charge on any atom is 0.174 e. The Labute approximate surface area is 173 Å². The number of furan rings is 1. The highest BCUT2D eigenvalue weighted by atomic mass is 35.5. The van der Waals surface area contributed by atoms with E-state index in [-0.39, 0.29) is 0 Å². The lowest BCUT2D eigenvalue weighted by molar-refractivity contribution is 0.112. The summed E-state index contributed by atoms with van der Waals surface area (Å²) in [6, 6.07) is 14.8. The Balaban J connectivity index is 1.57. The average molecular weight is 409 g/mol. The van der Waals surface area contributed by atoms with Crippen LogP contribution < -0.4 is 4.74 Å². The van der Waals surface area contributed by atoms with Gasteiger partial charge in [-0.15, -0.1) is 0 Å². The van der Waals surface area contributed by atoms with Crippen molar-refractivity contribution in [3.8, 4) is 17.3 Å². The predicted molar refractivity (Wildman–Crippen MR) is 114 cm³/mol. The van der Waals surface area contributed by atoms with E-state index < -0.39 is 0 Å². The van der Waals surface area contributed by atoms with Gasteiger partial charge in [0.05, 0.1) is 17.6 Å². The van der Waals surface area contributed by atoms with Gasteiger partial charge in [0, 0.05) is 22.6 Å². The summed E-state index contributed by atoms with van der Waals surface area (Å²) in [6.45, 7) is 2.81. The van der Waals surface area contributed by atoms with E-state index in [0.29, 0.717) is 35.2 Å². The molecule has 6 heteroatoms. The Morgan fingerprint density at radius 1 is 1.17 bits per heavy atom. The van der Waals surface area contributed by atoms with Crippen molar-refractivity contribution in [2.75, 3.05) is 6.61 Å². The van der Waals surface area contributed by atoms with Crippen LogP contribution in [-0.4, -0.2) is 22.9 Å². The Morgan fingerprint density at radius 2 is 2.07 bits per heavy atom. The van der Waals surface area contributed by atoms with Gasteiger partial charge in [-0.1, -0.05) is 24.9 Å². The number of imidazole rings is 1. The van der Waals surface area contributed by atoms with Gasteiger partial charge in [-0.3, -0.25) is 4.79 Å². The zero-order chi connectivity index (χ0) is 20.2. The largest absolute Gasteiger partial charge is 0.493 e. The number of nitrogens with zero attached hydrogens (tertiary/aromatic N) is 1. The highest BCUT2D eigenvalue weighted by Crippen LogP contribution is 2.29. The summed E-state index contributed by atoms with van der Waals surface area (Å²) >= 11 is 6.19. The van der Waals surface area contributed by atoms with Gasteiger partial charge in [0.15, 0.2) is 11.6 Å². The first-order valence-electron chi connectivity index (χ1n) is 9.61. The standard InChI is InChI=1S/C23H21ClN2O3/c1-2-3-10-28-21-8-5-17(24)12-16(21)13-18-6-9-22(29-18)23-25-19-7-4-15(14-27)11-20(19)26-23/h4-9,11-12,14H,2-3,10,13H2,1H3,(H,25,26). The summed E-state index contributed by atoms with van der Waals surface area (Å²) in [6.07, 6.45) is 3.47. The van der Waals surface area contributed by atoms with Gasteiger partial charge in [0.25, 0.3) is 0 Å². The molecule has 148 valence electrons. The van der Waals surface area contributed by atoms with Gasteiger partial charge < -0.3 is 14.1 Å². The molecule has 0 radical (unpaired) electrons. The molecule has 5 nitrogen and oxygen atoms in total. The molecule has 0 aliphatic rings. The maximum atomic E-state index is 11.0. The Kier molecular flexibility index (Phi) is 5.67. The number of halogens is 1. The molecule has 29 heavy (non-hydrogen) atoms. The molecule has 4 rings (SSSR count). The second-order valence-electron chi connectivity index (χ2n) is 6.88. The van der Waals surface area contributed by atoms with Crippen LogP contribution in [0.15, 0.2) is 52.9 Å². The second kappa shape index (κ2) is 8.53. The van der Waals surface area contributed by atoms with E-state index in [2.05, 4.69) is 16.9 Å². The number of hydrogen-bond donors (Lipinski definition) is 1. The monoisotopic (exact) mass is 408 g/mol. The van der Waals surface area contributed by atoms with Crippen LogP contribution in [0.25, 0.3) is 22.6 Å². The van der Waals surface area contributed by atoms with E-state index in [1.807, 2.05) is 36.4 Å². The fraction of sp³-hybridized carbons (Fsp3) is 0.217. The number of benzene rings is 2. The van der Waals surface area contributed by atoms with E-state index in [4.69, 9.17) is 20.8 Å². The van der Waals surface area contributed by atoms with Gasteiger partial charge in [-0.25, -0.2) is 4.98 Å². The summed E-state index contributed by atoms with van der Waals surface area (Å²) in [5, 5.41) is 0.665. The van der Waals surface area contributed by atoms with Crippen molar-refractivity contribution in [1.82, 2.24) is 9.97 Å². The minimum Gasteiger partial charge on any atom is -0.493 e. The van der Waals surface area contributed by atoms with Crippen LogP contribution in [0.2, 0.25) is 5.02 Å². The van der Waals surface area contributed by atoms with E-state index in [0.717, 1.165) is 47.2 Å². The SMILES string of the molecule is CCCCOc1ccc(Cl)cc1Cc1ccc(-c2nc3ccc(C=O)cc3[nH]2)o1.